The molecule has 0 aromatic carbocycles. The van der Waals surface area contributed by atoms with E-state index in [2.05, 4.69) is 96.6 Å². The average Bonchev–Trinajstić information content (AvgIpc) is 3.68. The van der Waals surface area contributed by atoms with Crippen molar-refractivity contribution in [2.45, 2.75) is 91.6 Å². The van der Waals surface area contributed by atoms with Crippen LogP contribution in [0.1, 0.15) is 95.3 Å². The molecule has 0 aliphatic heterocycles. The average molecular weight is 498 g/mol. The quantitative estimate of drug-likeness (QED) is 0.199. The first-order valence-electron chi connectivity index (χ1n) is 13.9. The van der Waals surface area contributed by atoms with Crippen LogP contribution in [0.5, 0.6) is 0 Å². The van der Waals surface area contributed by atoms with Crippen molar-refractivity contribution in [3.63, 3.8) is 0 Å². The lowest BCUT2D eigenvalue weighted by molar-refractivity contribution is 0.565. The van der Waals surface area contributed by atoms with Crippen LogP contribution in [0.25, 0.3) is 12.2 Å². The monoisotopic (exact) mass is 497 g/mol. The van der Waals surface area contributed by atoms with Crippen molar-refractivity contribution in [1.29, 1.82) is 0 Å². The lowest BCUT2D eigenvalue weighted by Crippen LogP contribution is -2.27. The first-order valence-corrected chi connectivity index (χ1v) is 13.9. The molecule has 4 nitrogen and oxygen atoms in total. The highest BCUT2D eigenvalue weighted by Crippen LogP contribution is 2.37. The summed E-state index contributed by atoms with van der Waals surface area (Å²) in [7, 11) is 0. The Kier molecular flexibility index (Phi) is 8.36. The van der Waals surface area contributed by atoms with Crippen LogP contribution in [0.4, 0.5) is 0 Å². The maximum atomic E-state index is 11.6. The van der Waals surface area contributed by atoms with E-state index in [0.29, 0.717) is 6.04 Å². The number of fused-ring (bicyclic) bond motifs is 1. The van der Waals surface area contributed by atoms with Gasteiger partial charge in [0.1, 0.15) is 5.54 Å². The van der Waals surface area contributed by atoms with Gasteiger partial charge in [0.25, 0.3) is 0 Å². The summed E-state index contributed by atoms with van der Waals surface area (Å²) in [6.07, 6.45) is 28.6. The van der Waals surface area contributed by atoms with Gasteiger partial charge in [0, 0.05) is 40.0 Å². The minimum absolute atomic E-state index is 0.328. The van der Waals surface area contributed by atoms with Crippen LogP contribution in [-0.2, 0) is 6.42 Å². The fourth-order valence-corrected chi connectivity index (χ4v) is 5.44. The zero-order chi connectivity index (χ0) is 26.6. The normalized spacial score (nSPS) is 19.7. The van der Waals surface area contributed by atoms with Crippen molar-refractivity contribution >= 4 is 12.2 Å². The zero-order valence-corrected chi connectivity index (χ0v) is 23.5. The van der Waals surface area contributed by atoms with Crippen LogP contribution in [-0.4, -0.2) is 10.1 Å². The molecule has 0 spiro atoms. The van der Waals surface area contributed by atoms with Gasteiger partial charge in [-0.3, -0.25) is 0 Å². The number of aromatic nitrogens is 1. The summed E-state index contributed by atoms with van der Waals surface area (Å²) in [4.78, 5) is 11.6. The summed E-state index contributed by atoms with van der Waals surface area (Å²) >= 11 is 0. The fraction of sp³-hybridized carbons (Fsp3) is 0.455. The van der Waals surface area contributed by atoms with E-state index < -0.39 is 5.54 Å². The Morgan fingerprint density at radius 1 is 1.24 bits per heavy atom. The second kappa shape index (κ2) is 11.5. The minimum Gasteiger partial charge on any atom is -0.359 e. The molecule has 1 aromatic heterocycles. The molecule has 4 heteroatoms. The number of nitrogens with zero attached hydrogens (tertiary/aromatic N) is 2. The van der Waals surface area contributed by atoms with E-state index in [1.54, 1.807) is 0 Å². The Balaban J connectivity index is 1.74. The standard InChI is InChI=1S/C33H43N3O/c1-7-8-11-23(2)14-20-28-25(4)36(24(3)15-16-26-17-18-26)32-21-19-27(22-29(28)32)34-31-13-10-9-12-30(31)33(5,6)35-37/h7-8,10-11,13-16,20,22,24,26,34H,9,12,17-19,21H2,1-6H3/b8-7-,16-15-,20-14-,23-11+/t24-/m0/s1. The molecule has 1 fully saturated rings. The molecule has 0 amide bonds. The van der Waals surface area contributed by atoms with Crippen LogP contribution in [0.3, 0.4) is 0 Å². The summed E-state index contributed by atoms with van der Waals surface area (Å²) in [5, 5.41) is 7.14. The molecule has 37 heavy (non-hydrogen) atoms. The summed E-state index contributed by atoms with van der Waals surface area (Å²) in [5.74, 6) is 0.778. The molecular weight excluding hydrogens is 454 g/mol. The molecule has 1 atom stereocenters. The van der Waals surface area contributed by atoms with Crippen molar-refractivity contribution in [2.75, 3.05) is 0 Å². The van der Waals surface area contributed by atoms with Gasteiger partial charge in [0.05, 0.1) is 0 Å². The lowest BCUT2D eigenvalue weighted by Gasteiger charge is -2.27. The molecule has 3 aliphatic carbocycles. The molecule has 1 N–H and O–H groups in total. The Bertz CT molecular complexity index is 1240. The fourth-order valence-electron chi connectivity index (χ4n) is 5.44. The SMILES string of the molecule is C\C=C/C=C(C)/C=C\c1c2c(n([C@@H](C)/C=C\C3CC3)c1C)CCC(NC1=C(C(C)(C)N=O)CCC=C1)=C2. The molecule has 1 saturated carbocycles. The Morgan fingerprint density at radius 2 is 2.03 bits per heavy atom. The molecular formula is C33H43N3O. The molecule has 4 rings (SSSR count). The number of nitrogens with one attached hydrogen (secondary N) is 1. The molecule has 3 aliphatic rings. The van der Waals surface area contributed by atoms with E-state index in [-0.39, 0.29) is 0 Å². The van der Waals surface area contributed by atoms with Gasteiger partial charge in [-0.25, -0.2) is 0 Å². The van der Waals surface area contributed by atoms with Crippen molar-refractivity contribution in [1.82, 2.24) is 9.88 Å². The maximum Gasteiger partial charge on any atom is 0.120 e. The second-order valence-corrected chi connectivity index (χ2v) is 11.2. The van der Waals surface area contributed by atoms with E-state index in [9.17, 15) is 4.91 Å². The van der Waals surface area contributed by atoms with Gasteiger partial charge in [-0.2, -0.15) is 0 Å². The Hall–Kier alpha value is -3.14. The van der Waals surface area contributed by atoms with Crippen LogP contribution < -0.4 is 5.32 Å². The van der Waals surface area contributed by atoms with E-state index >= 15 is 0 Å². The smallest absolute Gasteiger partial charge is 0.120 e. The number of hydrogen-bond donors (Lipinski definition) is 1. The molecule has 0 saturated heterocycles. The molecule has 0 bridgehead atoms. The summed E-state index contributed by atoms with van der Waals surface area (Å²) in [6, 6.07) is 0.328. The number of nitroso groups, excluding NO2 is 1. The van der Waals surface area contributed by atoms with E-state index in [1.165, 1.54) is 46.6 Å². The Labute approximate surface area is 223 Å². The third-order valence-corrected chi connectivity index (χ3v) is 7.78. The van der Waals surface area contributed by atoms with Gasteiger partial charge in [-0.05, 0) is 104 Å². The second-order valence-electron chi connectivity index (χ2n) is 11.2. The van der Waals surface area contributed by atoms with Crippen molar-refractivity contribution in [3.8, 4) is 0 Å². The predicted octanol–water partition coefficient (Wildman–Crippen LogP) is 8.89. The zero-order valence-electron chi connectivity index (χ0n) is 23.5. The van der Waals surface area contributed by atoms with E-state index in [1.807, 2.05) is 20.8 Å². The first kappa shape index (κ1) is 26.9. The first-order chi connectivity index (χ1) is 17.7. The van der Waals surface area contributed by atoms with Crippen molar-refractivity contribution in [3.05, 3.63) is 98.6 Å². The summed E-state index contributed by atoms with van der Waals surface area (Å²) < 4.78 is 2.54. The predicted molar refractivity (Wildman–Crippen MR) is 158 cm³/mol. The number of hydrogen-bond acceptors (Lipinski definition) is 3. The summed E-state index contributed by atoms with van der Waals surface area (Å²) in [5.41, 5.74) is 9.16. The van der Waals surface area contributed by atoms with Gasteiger partial charge in [-0.15, -0.1) is 4.91 Å². The summed E-state index contributed by atoms with van der Waals surface area (Å²) in [6.45, 7) is 12.6. The lowest BCUT2D eigenvalue weighted by atomic mass is 9.86. The molecule has 0 unspecified atom stereocenters. The molecule has 1 heterocycles. The maximum absolute atomic E-state index is 11.6. The van der Waals surface area contributed by atoms with Gasteiger partial charge < -0.3 is 9.88 Å². The third kappa shape index (κ3) is 6.23. The van der Waals surface area contributed by atoms with Crippen LogP contribution in [0, 0.1) is 17.7 Å². The van der Waals surface area contributed by atoms with Gasteiger partial charge in [-0.1, -0.05) is 59.4 Å². The highest BCUT2D eigenvalue weighted by atomic mass is 16.3. The highest BCUT2D eigenvalue weighted by Gasteiger charge is 2.29. The van der Waals surface area contributed by atoms with Crippen LogP contribution in [0.2, 0.25) is 0 Å². The minimum atomic E-state index is -0.707. The van der Waals surface area contributed by atoms with Crippen molar-refractivity contribution in [2.24, 2.45) is 11.1 Å². The van der Waals surface area contributed by atoms with Gasteiger partial charge in [0.15, 0.2) is 0 Å². The van der Waals surface area contributed by atoms with Gasteiger partial charge in [0.2, 0.25) is 0 Å². The largest absolute Gasteiger partial charge is 0.359 e. The molecule has 196 valence electrons. The number of allylic oxidation sites excluding steroid dienone is 10. The van der Waals surface area contributed by atoms with Gasteiger partial charge >= 0.3 is 0 Å². The highest BCUT2D eigenvalue weighted by molar-refractivity contribution is 5.73. The topological polar surface area (TPSA) is 46.4 Å². The van der Waals surface area contributed by atoms with Crippen LogP contribution >= 0.6 is 0 Å². The molecule has 0 radical (unpaired) electrons. The third-order valence-electron chi connectivity index (χ3n) is 7.78. The Morgan fingerprint density at radius 3 is 2.73 bits per heavy atom. The number of rotatable bonds is 10. The van der Waals surface area contributed by atoms with E-state index in [0.717, 1.165) is 42.9 Å². The van der Waals surface area contributed by atoms with Crippen molar-refractivity contribution < 1.29 is 0 Å². The molecule has 1 aromatic rings. The van der Waals surface area contributed by atoms with E-state index in [4.69, 9.17) is 0 Å². The van der Waals surface area contributed by atoms with Crippen LogP contribution in [0.15, 0.2) is 76.3 Å².